The molecule has 1 atom stereocenters. The number of ether oxygens (including phenoxy) is 1. The largest absolute Gasteiger partial charge is 0.494 e. The molecule has 1 unspecified atom stereocenters. The normalized spacial score (nSPS) is 16.7. The second-order valence-corrected chi connectivity index (χ2v) is 9.60. The number of carbonyl (C=O) groups is 1. The number of aromatic nitrogens is 1. The number of hydrogen-bond acceptors (Lipinski definition) is 6. The van der Waals surface area contributed by atoms with E-state index in [1.165, 1.54) is 5.56 Å². The molecule has 0 saturated carbocycles. The highest BCUT2D eigenvalue weighted by molar-refractivity contribution is 6.62. The second-order valence-electron chi connectivity index (χ2n) is 9.60. The Morgan fingerprint density at radius 1 is 1.03 bits per heavy atom. The van der Waals surface area contributed by atoms with Crippen LogP contribution in [0, 0.1) is 0 Å². The molecule has 1 saturated heterocycles. The highest BCUT2D eigenvalue weighted by Gasteiger charge is 2.51. The van der Waals surface area contributed by atoms with Crippen molar-refractivity contribution in [3.05, 3.63) is 36.0 Å². The van der Waals surface area contributed by atoms with Gasteiger partial charge in [-0.2, -0.15) is 0 Å². The van der Waals surface area contributed by atoms with E-state index in [0.717, 1.165) is 16.4 Å². The molecule has 7 heteroatoms. The minimum absolute atomic E-state index is 0.258. The quantitative estimate of drug-likeness (QED) is 0.445. The molecule has 1 aromatic carbocycles. The van der Waals surface area contributed by atoms with Crippen LogP contribution in [-0.4, -0.2) is 42.4 Å². The third-order valence-electron chi connectivity index (χ3n) is 5.63. The highest BCUT2D eigenvalue weighted by atomic mass is 16.7. The summed E-state index contributed by atoms with van der Waals surface area (Å²) in [5.74, 6) is 0. The number of nitrogens with one attached hydrogen (secondary N) is 1. The van der Waals surface area contributed by atoms with Crippen LogP contribution in [0.4, 0.5) is 0 Å². The number of pyridine rings is 1. The molecule has 192 valence electrons. The summed E-state index contributed by atoms with van der Waals surface area (Å²) in [5, 5.41) is 4.44. The van der Waals surface area contributed by atoms with E-state index in [4.69, 9.17) is 9.31 Å². The van der Waals surface area contributed by atoms with Crippen molar-refractivity contribution in [2.45, 2.75) is 106 Å². The molecule has 0 spiro atoms. The molecule has 0 amide bonds. The summed E-state index contributed by atoms with van der Waals surface area (Å²) < 4.78 is 16.9. The number of benzene rings is 1. The van der Waals surface area contributed by atoms with Crippen LogP contribution >= 0.6 is 0 Å². The first kappa shape index (κ1) is 32.0. The van der Waals surface area contributed by atoms with Crippen LogP contribution in [0.5, 0.6) is 0 Å². The molecule has 1 aromatic heterocycles. The summed E-state index contributed by atoms with van der Waals surface area (Å²) >= 11 is 0. The lowest BCUT2D eigenvalue weighted by Gasteiger charge is -2.32. The van der Waals surface area contributed by atoms with Crippen LogP contribution in [0.2, 0.25) is 0 Å². The summed E-state index contributed by atoms with van der Waals surface area (Å²) in [4.78, 5) is 14.1. The molecule has 2 heterocycles. The van der Waals surface area contributed by atoms with E-state index >= 15 is 0 Å². The predicted octanol–water partition coefficient (Wildman–Crippen LogP) is 5.82. The lowest BCUT2D eigenvalue weighted by Crippen LogP contribution is -2.41. The molecule has 3 rings (SSSR count). The number of nitrogens with zero attached hydrogens (tertiary/aromatic N) is 1. The fraction of sp³-hybridized carbons (Fsp3) is 0.630. The van der Waals surface area contributed by atoms with Gasteiger partial charge >= 0.3 is 7.12 Å². The van der Waals surface area contributed by atoms with E-state index in [1.54, 1.807) is 0 Å². The minimum Gasteiger partial charge on any atom is -0.462 e. The Labute approximate surface area is 208 Å². The van der Waals surface area contributed by atoms with E-state index in [-0.39, 0.29) is 30.0 Å². The van der Waals surface area contributed by atoms with Gasteiger partial charge in [-0.05, 0) is 85.6 Å². The second kappa shape index (κ2) is 13.8. The third kappa shape index (κ3) is 8.68. The van der Waals surface area contributed by atoms with Crippen molar-refractivity contribution in [2.24, 2.45) is 0 Å². The van der Waals surface area contributed by atoms with Crippen molar-refractivity contribution >= 4 is 30.0 Å². The Kier molecular flexibility index (Phi) is 13.0. The zero-order chi connectivity index (χ0) is 26.7. The fourth-order valence-electron chi connectivity index (χ4n) is 2.99. The van der Waals surface area contributed by atoms with Gasteiger partial charge in [0.25, 0.3) is 6.47 Å². The first-order chi connectivity index (χ1) is 15.8. The van der Waals surface area contributed by atoms with Crippen molar-refractivity contribution in [2.75, 3.05) is 7.05 Å². The molecule has 2 aromatic rings. The zero-order valence-corrected chi connectivity index (χ0v) is 23.7. The summed E-state index contributed by atoms with van der Waals surface area (Å²) in [5.41, 5.74) is 2.28. The molecule has 1 fully saturated rings. The fourth-order valence-corrected chi connectivity index (χ4v) is 2.99. The maximum atomic E-state index is 9.60. The Morgan fingerprint density at radius 2 is 1.56 bits per heavy atom. The molecule has 0 bridgehead atoms. The van der Waals surface area contributed by atoms with E-state index in [9.17, 15) is 4.79 Å². The molecule has 6 nitrogen and oxygen atoms in total. The first-order valence-corrected chi connectivity index (χ1v) is 12.3. The van der Waals surface area contributed by atoms with Crippen molar-refractivity contribution in [1.29, 1.82) is 0 Å². The van der Waals surface area contributed by atoms with E-state index < -0.39 is 0 Å². The van der Waals surface area contributed by atoms with Crippen molar-refractivity contribution < 1.29 is 18.8 Å². The third-order valence-corrected chi connectivity index (χ3v) is 5.63. The van der Waals surface area contributed by atoms with Gasteiger partial charge in [-0.3, -0.25) is 9.78 Å². The lowest BCUT2D eigenvalue weighted by atomic mass is 9.78. The topological polar surface area (TPSA) is 69.7 Å². The molecule has 34 heavy (non-hydrogen) atoms. The van der Waals surface area contributed by atoms with Crippen LogP contribution in [0.3, 0.4) is 0 Å². The number of rotatable bonds is 4. The van der Waals surface area contributed by atoms with Crippen LogP contribution in [0.1, 0.15) is 94.7 Å². The Bertz CT molecular complexity index is 863. The van der Waals surface area contributed by atoms with Crippen molar-refractivity contribution in [1.82, 2.24) is 10.3 Å². The summed E-state index contributed by atoms with van der Waals surface area (Å²) in [6.07, 6.45) is 1.86. The van der Waals surface area contributed by atoms with Gasteiger partial charge in [-0.25, -0.2) is 0 Å². The van der Waals surface area contributed by atoms with Crippen molar-refractivity contribution in [3.8, 4) is 0 Å². The first-order valence-electron chi connectivity index (χ1n) is 12.3. The Balaban J connectivity index is 0.000000844. The van der Waals surface area contributed by atoms with Gasteiger partial charge < -0.3 is 19.4 Å². The van der Waals surface area contributed by atoms with Gasteiger partial charge in [-0.1, -0.05) is 39.8 Å². The number of carbonyl (C=O) groups excluding carboxylic acids is 1. The molecular formula is C27H47BN2O4. The number of fused-ring (bicyclic) bond motifs is 1. The summed E-state index contributed by atoms with van der Waals surface area (Å²) in [7, 11) is 1.62. The summed E-state index contributed by atoms with van der Waals surface area (Å²) in [6.45, 7) is 24.4. The smallest absolute Gasteiger partial charge is 0.462 e. The van der Waals surface area contributed by atoms with E-state index in [1.807, 2.05) is 73.8 Å². The minimum atomic E-state index is -0.345. The monoisotopic (exact) mass is 474 g/mol. The zero-order valence-electron chi connectivity index (χ0n) is 23.7. The van der Waals surface area contributed by atoms with E-state index in [0.29, 0.717) is 6.47 Å². The molecule has 0 radical (unpaired) electrons. The molecule has 1 aliphatic rings. The SMILES string of the molecule is CC.CC.CC(C)(C)OC=O.CNC(C)c1ccnc2ccc(B3OC(C)(C)C(C)(C)O3)cc12. The molecule has 1 N–H and O–H groups in total. The average Bonchev–Trinajstić information content (AvgIpc) is 3.01. The van der Waals surface area contributed by atoms with Gasteiger partial charge in [0.1, 0.15) is 5.60 Å². The Hall–Kier alpha value is -1.96. The van der Waals surface area contributed by atoms with Crippen LogP contribution in [-0.2, 0) is 18.8 Å². The predicted molar refractivity (Wildman–Crippen MR) is 145 cm³/mol. The van der Waals surface area contributed by atoms with Crippen LogP contribution in [0.25, 0.3) is 10.9 Å². The maximum absolute atomic E-state index is 9.60. The molecular weight excluding hydrogens is 427 g/mol. The van der Waals surface area contributed by atoms with Crippen molar-refractivity contribution in [3.63, 3.8) is 0 Å². The van der Waals surface area contributed by atoms with Gasteiger partial charge in [0.2, 0.25) is 0 Å². The Morgan fingerprint density at radius 3 is 1.97 bits per heavy atom. The maximum Gasteiger partial charge on any atom is 0.494 e. The van der Waals surface area contributed by atoms with Gasteiger partial charge in [0, 0.05) is 17.6 Å². The number of hydrogen-bond donors (Lipinski definition) is 1. The van der Waals surface area contributed by atoms with Gasteiger partial charge in [0.15, 0.2) is 0 Å². The van der Waals surface area contributed by atoms with Gasteiger partial charge in [0.05, 0.1) is 16.7 Å². The van der Waals surface area contributed by atoms with Crippen LogP contribution < -0.4 is 10.8 Å². The highest BCUT2D eigenvalue weighted by Crippen LogP contribution is 2.36. The average molecular weight is 474 g/mol. The summed E-state index contributed by atoms with van der Waals surface area (Å²) in [6, 6.07) is 8.56. The van der Waals surface area contributed by atoms with Crippen LogP contribution in [0.15, 0.2) is 30.5 Å². The molecule has 0 aliphatic carbocycles. The standard InChI is InChI=1S/C18H25BN2O2.C5H10O2.2C2H6/c1-12(20-6)14-9-10-21-16-8-7-13(11-15(14)16)19-22-17(2,3)18(4,5)23-19;1-5(2,3)7-4-6;2*1-2/h7-12,20H,1-6H3;4H,1-3H3;2*1-2H3. The van der Waals surface area contributed by atoms with Gasteiger partial charge in [-0.15, -0.1) is 0 Å². The lowest BCUT2D eigenvalue weighted by molar-refractivity contribution is -0.138. The molecule has 1 aliphatic heterocycles. The van der Waals surface area contributed by atoms with E-state index in [2.05, 4.69) is 61.8 Å².